The minimum Gasteiger partial charge on any atom is -0.497 e. The van der Waals surface area contributed by atoms with Crippen molar-refractivity contribution in [2.75, 3.05) is 49.6 Å². The van der Waals surface area contributed by atoms with Crippen LogP contribution in [0.15, 0.2) is 53.5 Å². The van der Waals surface area contributed by atoms with Gasteiger partial charge in [-0.05, 0) is 49.4 Å². The van der Waals surface area contributed by atoms with E-state index in [0.717, 1.165) is 50.9 Å². The Morgan fingerprint density at radius 3 is 2.93 bits per heavy atom. The lowest BCUT2D eigenvalue weighted by Gasteiger charge is -2.23. The van der Waals surface area contributed by atoms with Crippen molar-refractivity contribution in [3.8, 4) is 5.75 Å². The van der Waals surface area contributed by atoms with Crippen LogP contribution in [-0.4, -0.2) is 45.8 Å². The number of fused-ring (bicyclic) bond motifs is 1. The topological polar surface area (TPSA) is 40.1 Å². The van der Waals surface area contributed by atoms with Gasteiger partial charge in [-0.15, -0.1) is 0 Å². The summed E-state index contributed by atoms with van der Waals surface area (Å²) in [6.45, 7) is 7.02. The number of para-hydroxylation sites is 1. The molecule has 1 atom stereocenters. The first kappa shape index (κ1) is 18.7. The van der Waals surface area contributed by atoms with Gasteiger partial charge in [0.15, 0.2) is 5.96 Å². The average molecular weight is 379 g/mol. The lowest BCUT2D eigenvalue weighted by atomic mass is 10.1. The van der Waals surface area contributed by atoms with Crippen molar-refractivity contribution in [1.29, 1.82) is 0 Å². The predicted molar refractivity (Wildman–Crippen MR) is 117 cm³/mol. The summed E-state index contributed by atoms with van der Waals surface area (Å²) < 4.78 is 5.37. The molecule has 1 saturated heterocycles. The molecule has 148 valence electrons. The maximum atomic E-state index is 5.37. The van der Waals surface area contributed by atoms with Gasteiger partial charge in [-0.1, -0.05) is 24.3 Å². The van der Waals surface area contributed by atoms with Gasteiger partial charge in [0.1, 0.15) is 5.75 Å². The molecule has 2 aliphatic heterocycles. The van der Waals surface area contributed by atoms with Crippen LogP contribution in [0.4, 0.5) is 11.4 Å². The normalized spacial score (nSPS) is 19.1. The van der Waals surface area contributed by atoms with Crippen molar-refractivity contribution in [2.24, 2.45) is 10.9 Å². The first-order valence-electron chi connectivity index (χ1n) is 10.3. The molecule has 1 unspecified atom stereocenters. The molecule has 0 radical (unpaired) electrons. The van der Waals surface area contributed by atoms with E-state index in [1.807, 2.05) is 6.07 Å². The zero-order valence-corrected chi connectivity index (χ0v) is 16.9. The Hall–Kier alpha value is -2.69. The van der Waals surface area contributed by atoms with E-state index in [-0.39, 0.29) is 0 Å². The van der Waals surface area contributed by atoms with Crippen molar-refractivity contribution in [3.63, 3.8) is 0 Å². The summed E-state index contributed by atoms with van der Waals surface area (Å²) in [7, 11) is 1.72. The fourth-order valence-electron chi connectivity index (χ4n) is 4.19. The molecule has 2 aliphatic rings. The number of hydrogen-bond acceptors (Lipinski definition) is 3. The fourth-order valence-corrected chi connectivity index (χ4v) is 4.19. The van der Waals surface area contributed by atoms with Crippen LogP contribution >= 0.6 is 0 Å². The number of hydrogen-bond donors (Lipinski definition) is 1. The van der Waals surface area contributed by atoms with Gasteiger partial charge in [-0.2, -0.15) is 0 Å². The molecule has 0 spiro atoms. The Morgan fingerprint density at radius 2 is 2.07 bits per heavy atom. The van der Waals surface area contributed by atoms with Crippen molar-refractivity contribution in [3.05, 3.63) is 54.1 Å². The van der Waals surface area contributed by atoms with Crippen LogP contribution in [-0.2, 0) is 6.42 Å². The molecule has 2 aromatic rings. The fraction of sp³-hybridized carbons (Fsp3) is 0.435. The Balaban J connectivity index is 1.42. The monoisotopic (exact) mass is 378 g/mol. The van der Waals surface area contributed by atoms with Crippen molar-refractivity contribution in [1.82, 2.24) is 5.32 Å². The summed E-state index contributed by atoms with van der Waals surface area (Å²) in [4.78, 5) is 9.80. The predicted octanol–water partition coefficient (Wildman–Crippen LogP) is 3.55. The Bertz CT molecular complexity index is 835. The van der Waals surface area contributed by atoms with Crippen LogP contribution in [0.1, 0.15) is 18.9 Å². The van der Waals surface area contributed by atoms with Crippen LogP contribution in [0.3, 0.4) is 0 Å². The molecule has 0 aliphatic carbocycles. The van der Waals surface area contributed by atoms with Crippen LogP contribution in [0.5, 0.6) is 5.75 Å². The maximum absolute atomic E-state index is 5.37. The van der Waals surface area contributed by atoms with E-state index in [0.29, 0.717) is 5.92 Å². The molecule has 28 heavy (non-hydrogen) atoms. The molecular formula is C23H30N4O. The number of nitrogens with zero attached hydrogens (tertiary/aromatic N) is 3. The van der Waals surface area contributed by atoms with Gasteiger partial charge in [0.2, 0.25) is 0 Å². The van der Waals surface area contributed by atoms with E-state index in [1.165, 1.54) is 23.4 Å². The molecule has 2 aromatic carbocycles. The molecule has 5 nitrogen and oxygen atoms in total. The zero-order chi connectivity index (χ0) is 19.3. The summed E-state index contributed by atoms with van der Waals surface area (Å²) in [5.41, 5.74) is 3.95. The van der Waals surface area contributed by atoms with E-state index in [2.05, 4.69) is 64.5 Å². The second-order valence-electron chi connectivity index (χ2n) is 7.53. The van der Waals surface area contributed by atoms with E-state index >= 15 is 0 Å². The molecule has 0 saturated carbocycles. The SMILES string of the molecule is CCNC(=NCC1CCN(c2cccc(OC)c2)C1)N1CCc2ccccc21. The van der Waals surface area contributed by atoms with E-state index in [1.54, 1.807) is 7.11 Å². The second kappa shape index (κ2) is 8.55. The van der Waals surface area contributed by atoms with Crippen LogP contribution in [0, 0.1) is 5.92 Å². The number of rotatable bonds is 5. The number of aliphatic imine (C=N–C) groups is 1. The van der Waals surface area contributed by atoms with Crippen molar-refractivity contribution < 1.29 is 4.74 Å². The molecule has 5 heteroatoms. The highest BCUT2D eigenvalue weighted by Gasteiger charge is 2.25. The Labute approximate surface area is 168 Å². The van der Waals surface area contributed by atoms with Crippen LogP contribution in [0.2, 0.25) is 0 Å². The summed E-state index contributed by atoms with van der Waals surface area (Å²) in [6, 6.07) is 17.0. The summed E-state index contributed by atoms with van der Waals surface area (Å²) in [5, 5.41) is 3.49. The average Bonchev–Trinajstić information content (AvgIpc) is 3.38. The van der Waals surface area contributed by atoms with Crippen molar-refractivity contribution >= 4 is 17.3 Å². The number of nitrogens with one attached hydrogen (secondary N) is 1. The van der Waals surface area contributed by atoms with Gasteiger partial charge in [0.05, 0.1) is 7.11 Å². The summed E-state index contributed by atoms with van der Waals surface area (Å²) in [5.74, 6) is 2.52. The molecule has 0 aromatic heterocycles. The quantitative estimate of drug-likeness (QED) is 0.638. The molecule has 1 N–H and O–H groups in total. The van der Waals surface area contributed by atoms with Crippen LogP contribution in [0.25, 0.3) is 0 Å². The molecule has 2 heterocycles. The third kappa shape index (κ3) is 3.93. The first-order valence-corrected chi connectivity index (χ1v) is 10.3. The summed E-state index contributed by atoms with van der Waals surface area (Å²) >= 11 is 0. The third-order valence-electron chi connectivity index (χ3n) is 5.68. The minimum atomic E-state index is 0.581. The number of methoxy groups -OCH3 is 1. The van der Waals surface area contributed by atoms with Gasteiger partial charge in [-0.3, -0.25) is 4.99 Å². The smallest absolute Gasteiger partial charge is 0.198 e. The summed E-state index contributed by atoms with van der Waals surface area (Å²) in [6.07, 6.45) is 2.27. The lowest BCUT2D eigenvalue weighted by molar-refractivity contribution is 0.415. The van der Waals surface area contributed by atoms with Gasteiger partial charge >= 0.3 is 0 Å². The molecule has 4 rings (SSSR count). The standard InChI is InChI=1S/C23H30N4O/c1-3-24-23(27-14-12-19-7-4-5-10-22(19)27)25-16-18-11-13-26(17-18)20-8-6-9-21(15-20)28-2/h4-10,15,18H,3,11-14,16-17H2,1-2H3,(H,24,25). The highest BCUT2D eigenvalue weighted by Crippen LogP contribution is 2.29. The second-order valence-corrected chi connectivity index (χ2v) is 7.53. The molecular weight excluding hydrogens is 348 g/mol. The van der Waals surface area contributed by atoms with Gasteiger partial charge < -0.3 is 19.9 Å². The Morgan fingerprint density at radius 1 is 1.18 bits per heavy atom. The highest BCUT2D eigenvalue weighted by molar-refractivity contribution is 5.98. The molecule has 1 fully saturated rings. The largest absolute Gasteiger partial charge is 0.497 e. The van der Waals surface area contributed by atoms with Gasteiger partial charge in [0.25, 0.3) is 0 Å². The van der Waals surface area contributed by atoms with E-state index in [4.69, 9.17) is 9.73 Å². The highest BCUT2D eigenvalue weighted by atomic mass is 16.5. The third-order valence-corrected chi connectivity index (χ3v) is 5.68. The van der Waals surface area contributed by atoms with Gasteiger partial charge in [-0.25, -0.2) is 0 Å². The zero-order valence-electron chi connectivity index (χ0n) is 16.9. The molecule has 0 bridgehead atoms. The maximum Gasteiger partial charge on any atom is 0.198 e. The van der Waals surface area contributed by atoms with Crippen molar-refractivity contribution in [2.45, 2.75) is 19.8 Å². The minimum absolute atomic E-state index is 0.581. The number of ether oxygens (including phenoxy) is 1. The van der Waals surface area contributed by atoms with Gasteiger partial charge in [0, 0.05) is 50.2 Å². The lowest BCUT2D eigenvalue weighted by Crippen LogP contribution is -2.41. The molecule has 0 amide bonds. The number of anilines is 2. The van der Waals surface area contributed by atoms with E-state index in [9.17, 15) is 0 Å². The number of benzene rings is 2. The number of guanidine groups is 1. The van der Waals surface area contributed by atoms with E-state index < -0.39 is 0 Å². The first-order chi connectivity index (χ1) is 13.8. The van der Waals surface area contributed by atoms with Crippen LogP contribution < -0.4 is 19.9 Å². The Kier molecular flexibility index (Phi) is 5.70.